The van der Waals surface area contributed by atoms with Gasteiger partial charge in [0.2, 0.25) is 5.91 Å². The number of esters is 1. The zero-order valence-electron chi connectivity index (χ0n) is 55.3. The second-order valence-corrected chi connectivity index (χ2v) is 26.0. The second-order valence-electron chi connectivity index (χ2n) is 26.0. The van der Waals surface area contributed by atoms with Crippen LogP contribution in [0.25, 0.3) is 0 Å². The molecule has 0 aromatic heterocycles. The van der Waals surface area contributed by atoms with E-state index >= 15 is 0 Å². The number of rotatable bonds is 71. The van der Waals surface area contributed by atoms with Crippen molar-refractivity contribution in [3.05, 3.63) is 12.2 Å². The van der Waals surface area contributed by atoms with Gasteiger partial charge < -0.3 is 20.3 Å². The Morgan fingerprint density at radius 1 is 0.333 bits per heavy atom. The van der Waals surface area contributed by atoms with Crippen LogP contribution in [0.2, 0.25) is 0 Å². The highest BCUT2D eigenvalue weighted by atomic mass is 16.5. The lowest BCUT2D eigenvalue weighted by atomic mass is 10.0. The minimum Gasteiger partial charge on any atom is -0.466 e. The molecule has 0 fully saturated rings. The molecule has 0 saturated heterocycles. The number of unbranched alkanes of at least 4 members (excludes halogenated alkanes) is 58. The van der Waals surface area contributed by atoms with Gasteiger partial charge in [0.05, 0.1) is 25.4 Å². The lowest BCUT2D eigenvalue weighted by Gasteiger charge is -2.22. The van der Waals surface area contributed by atoms with Crippen molar-refractivity contribution in [1.29, 1.82) is 0 Å². The zero-order chi connectivity index (χ0) is 58.5. The largest absolute Gasteiger partial charge is 0.466 e. The number of aliphatic hydroxyl groups excluding tert-OH is 2. The Balaban J connectivity index is 3.30. The second kappa shape index (κ2) is 71.1. The summed E-state index contributed by atoms with van der Waals surface area (Å²) >= 11 is 0. The smallest absolute Gasteiger partial charge is 0.305 e. The summed E-state index contributed by atoms with van der Waals surface area (Å²) < 4.78 is 5.48. The van der Waals surface area contributed by atoms with Crippen LogP contribution in [-0.2, 0) is 14.3 Å². The number of hydrogen-bond acceptors (Lipinski definition) is 5. The topological polar surface area (TPSA) is 95.9 Å². The van der Waals surface area contributed by atoms with Crippen molar-refractivity contribution in [3.63, 3.8) is 0 Å². The summed E-state index contributed by atoms with van der Waals surface area (Å²) in [7, 11) is 0. The van der Waals surface area contributed by atoms with Gasteiger partial charge in [-0.15, -0.1) is 0 Å². The highest BCUT2D eigenvalue weighted by Gasteiger charge is 2.20. The summed E-state index contributed by atoms with van der Waals surface area (Å²) in [5.41, 5.74) is 0. The molecule has 0 aromatic rings. The van der Waals surface area contributed by atoms with Crippen LogP contribution in [0.3, 0.4) is 0 Å². The Bertz CT molecular complexity index is 1220. The van der Waals surface area contributed by atoms with Crippen LogP contribution in [0.4, 0.5) is 0 Å². The summed E-state index contributed by atoms with van der Waals surface area (Å²) in [6, 6.07) is -0.537. The molecule has 2 unspecified atom stereocenters. The first-order valence-electron chi connectivity index (χ1n) is 37.4. The average Bonchev–Trinajstić information content (AvgIpc) is 3.47. The lowest BCUT2D eigenvalue weighted by Crippen LogP contribution is -2.45. The molecule has 0 aliphatic heterocycles. The summed E-state index contributed by atoms with van der Waals surface area (Å²) in [6.07, 6.45) is 88.6. The molecule has 0 heterocycles. The number of carbonyl (C=O) groups excluding carboxylic acids is 2. The number of nitrogens with one attached hydrogen (secondary N) is 1. The third kappa shape index (κ3) is 67.6. The van der Waals surface area contributed by atoms with Gasteiger partial charge in [-0.1, -0.05) is 379 Å². The lowest BCUT2D eigenvalue weighted by molar-refractivity contribution is -0.143. The van der Waals surface area contributed by atoms with E-state index in [1.54, 1.807) is 0 Å². The third-order valence-corrected chi connectivity index (χ3v) is 17.8. The van der Waals surface area contributed by atoms with E-state index in [0.717, 1.165) is 44.9 Å². The van der Waals surface area contributed by atoms with E-state index < -0.39 is 12.1 Å². The minimum atomic E-state index is -0.660. The van der Waals surface area contributed by atoms with Crippen LogP contribution in [0.1, 0.15) is 431 Å². The third-order valence-electron chi connectivity index (χ3n) is 17.8. The molecule has 0 aliphatic carbocycles. The van der Waals surface area contributed by atoms with Gasteiger partial charge in [-0.3, -0.25) is 9.59 Å². The van der Waals surface area contributed by atoms with Crippen LogP contribution in [0, 0.1) is 0 Å². The fraction of sp³-hybridized carbons (Fsp3) is 0.947. The molecule has 3 N–H and O–H groups in total. The monoisotopic (exact) mass is 1140 g/mol. The number of allylic oxidation sites excluding steroid dienone is 2. The maximum Gasteiger partial charge on any atom is 0.305 e. The number of ether oxygens (including phenoxy) is 1. The highest BCUT2D eigenvalue weighted by molar-refractivity contribution is 5.76. The van der Waals surface area contributed by atoms with Crippen molar-refractivity contribution < 1.29 is 24.5 Å². The van der Waals surface area contributed by atoms with Crippen molar-refractivity contribution in [3.8, 4) is 0 Å². The van der Waals surface area contributed by atoms with Crippen molar-refractivity contribution in [1.82, 2.24) is 5.32 Å². The molecule has 6 nitrogen and oxygen atoms in total. The highest BCUT2D eigenvalue weighted by Crippen LogP contribution is 2.20. The number of carbonyl (C=O) groups is 2. The van der Waals surface area contributed by atoms with E-state index in [2.05, 4.69) is 31.3 Å². The summed E-state index contributed by atoms with van der Waals surface area (Å²) in [5, 5.41) is 23.4. The fourth-order valence-electron chi connectivity index (χ4n) is 12.1. The predicted octanol–water partition coefficient (Wildman–Crippen LogP) is 24.3. The van der Waals surface area contributed by atoms with Gasteiger partial charge in [-0.2, -0.15) is 0 Å². The van der Waals surface area contributed by atoms with Gasteiger partial charge in [0, 0.05) is 12.8 Å². The van der Waals surface area contributed by atoms with Gasteiger partial charge in [0.1, 0.15) is 0 Å². The SMILES string of the molecule is CCCCC/C=C\CCCCCCCC(=O)OCCCCCCCCCCCCCCCCCCCCCCCCCCCCCCCCCCCCCC(=O)NC(CO)C(O)CCCCCCCCCCCCCCCCCCC. The molecular formula is C75H147NO5. The summed E-state index contributed by atoms with van der Waals surface area (Å²) in [5.74, 6) is -0.0120. The molecule has 0 bridgehead atoms. The summed E-state index contributed by atoms with van der Waals surface area (Å²) in [6.45, 7) is 4.97. The maximum absolute atomic E-state index is 12.5. The normalized spacial score (nSPS) is 12.5. The molecule has 482 valence electrons. The molecule has 6 heteroatoms. The molecule has 0 rings (SSSR count). The Labute approximate surface area is 508 Å². The molecule has 1 amide bonds. The molecule has 2 atom stereocenters. The van der Waals surface area contributed by atoms with Crippen molar-refractivity contribution in [2.75, 3.05) is 13.2 Å². The summed E-state index contributed by atoms with van der Waals surface area (Å²) in [4.78, 5) is 24.6. The Hall–Kier alpha value is -1.40. The van der Waals surface area contributed by atoms with E-state index in [9.17, 15) is 19.8 Å². The van der Waals surface area contributed by atoms with Gasteiger partial charge in [0.25, 0.3) is 0 Å². The van der Waals surface area contributed by atoms with Crippen LogP contribution >= 0.6 is 0 Å². The standard InChI is InChI=1S/C75H147NO5/c1-3-5-7-9-11-13-15-17-18-38-41-44-47-51-55-59-63-67-73(78)72(71-77)76-74(79)68-64-60-56-52-48-45-42-39-36-34-32-30-28-26-24-22-20-19-21-23-25-27-29-31-33-35-37-40-43-46-50-54-58-62-66-70-81-75(80)69-65-61-57-53-49-16-14-12-10-8-6-4-2/h12,14,72-73,77-78H,3-11,13,15-71H2,1-2H3,(H,76,79)/b14-12-. The van der Waals surface area contributed by atoms with Crippen LogP contribution in [0.5, 0.6) is 0 Å². The average molecular weight is 1140 g/mol. The van der Waals surface area contributed by atoms with Crippen LogP contribution < -0.4 is 5.32 Å². The van der Waals surface area contributed by atoms with Crippen molar-refractivity contribution in [2.45, 2.75) is 443 Å². The van der Waals surface area contributed by atoms with Crippen molar-refractivity contribution in [2.24, 2.45) is 0 Å². The van der Waals surface area contributed by atoms with Crippen molar-refractivity contribution >= 4 is 11.9 Å². The number of amides is 1. The zero-order valence-corrected chi connectivity index (χ0v) is 55.3. The van der Waals surface area contributed by atoms with Crippen LogP contribution in [-0.4, -0.2) is 47.4 Å². The first kappa shape index (κ1) is 79.6. The maximum atomic E-state index is 12.5. The Morgan fingerprint density at radius 2 is 0.580 bits per heavy atom. The number of hydrogen-bond donors (Lipinski definition) is 3. The first-order valence-corrected chi connectivity index (χ1v) is 37.4. The molecule has 81 heavy (non-hydrogen) atoms. The van der Waals surface area contributed by atoms with E-state index in [-0.39, 0.29) is 18.5 Å². The molecule has 0 spiro atoms. The van der Waals surface area contributed by atoms with Gasteiger partial charge in [0.15, 0.2) is 0 Å². The van der Waals surface area contributed by atoms with E-state index in [1.165, 1.54) is 353 Å². The molecule has 0 radical (unpaired) electrons. The Morgan fingerprint density at radius 3 is 0.901 bits per heavy atom. The minimum absolute atomic E-state index is 0.0133. The predicted molar refractivity (Wildman–Crippen MR) is 357 cm³/mol. The van der Waals surface area contributed by atoms with E-state index in [4.69, 9.17) is 4.74 Å². The van der Waals surface area contributed by atoms with Gasteiger partial charge >= 0.3 is 5.97 Å². The van der Waals surface area contributed by atoms with E-state index in [0.29, 0.717) is 25.9 Å². The molecule has 0 saturated carbocycles. The molecule has 0 aromatic carbocycles. The Kier molecular flexibility index (Phi) is 69.9. The van der Waals surface area contributed by atoms with Gasteiger partial charge in [-0.05, 0) is 51.4 Å². The number of aliphatic hydroxyl groups is 2. The molecule has 0 aliphatic rings. The van der Waals surface area contributed by atoms with E-state index in [1.807, 2.05) is 0 Å². The van der Waals surface area contributed by atoms with Gasteiger partial charge in [-0.25, -0.2) is 0 Å². The first-order chi connectivity index (χ1) is 40.0. The van der Waals surface area contributed by atoms with Crippen LogP contribution in [0.15, 0.2) is 12.2 Å². The quantitative estimate of drug-likeness (QED) is 0.0320. The molecular weight excluding hydrogens is 995 g/mol. The fourth-order valence-corrected chi connectivity index (χ4v) is 12.1.